The Labute approximate surface area is 121 Å². The lowest BCUT2D eigenvalue weighted by Crippen LogP contribution is -2.53. The Morgan fingerprint density at radius 2 is 2.26 bits per heavy atom. The summed E-state index contributed by atoms with van der Waals surface area (Å²) in [6.45, 7) is 3.03. The molecule has 0 aliphatic carbocycles. The van der Waals surface area contributed by atoms with Crippen LogP contribution in [0.15, 0.2) is 16.9 Å². The molecule has 104 valence electrons. The standard InChI is InChI=1S/C13H19BrN4O/c14-10-5-15-18(6-10)12-8-17(9-12)7-11-3-1-2-4-13(19)16-11/h5-6,11-12H,1-4,7-9H2,(H,16,19). The Balaban J connectivity index is 1.47. The maximum atomic E-state index is 11.5. The van der Waals surface area contributed by atoms with Crippen molar-refractivity contribution < 1.29 is 4.79 Å². The van der Waals surface area contributed by atoms with Gasteiger partial charge in [-0.1, -0.05) is 6.42 Å². The highest BCUT2D eigenvalue weighted by atomic mass is 79.9. The minimum absolute atomic E-state index is 0.218. The molecular weight excluding hydrogens is 308 g/mol. The summed E-state index contributed by atoms with van der Waals surface area (Å²) in [5.41, 5.74) is 0. The van der Waals surface area contributed by atoms with Gasteiger partial charge in [-0.3, -0.25) is 14.4 Å². The van der Waals surface area contributed by atoms with Gasteiger partial charge < -0.3 is 5.32 Å². The molecule has 2 aliphatic rings. The lowest BCUT2D eigenvalue weighted by molar-refractivity contribution is -0.121. The number of nitrogens with one attached hydrogen (secondary N) is 1. The number of halogens is 1. The second-order valence-corrected chi connectivity index (χ2v) is 6.44. The summed E-state index contributed by atoms with van der Waals surface area (Å²) in [6.07, 6.45) is 7.85. The molecule has 2 fully saturated rings. The number of nitrogens with zero attached hydrogens (tertiary/aromatic N) is 3. The molecule has 0 bridgehead atoms. The Bertz CT molecular complexity index is 455. The van der Waals surface area contributed by atoms with E-state index in [1.807, 2.05) is 17.1 Å². The van der Waals surface area contributed by atoms with Crippen LogP contribution in [0.2, 0.25) is 0 Å². The van der Waals surface area contributed by atoms with Crippen LogP contribution in [0, 0.1) is 0 Å². The predicted molar refractivity (Wildman–Crippen MR) is 75.8 cm³/mol. The lowest BCUT2D eigenvalue weighted by Gasteiger charge is -2.41. The number of aromatic nitrogens is 2. The van der Waals surface area contributed by atoms with Crippen molar-refractivity contribution in [3.63, 3.8) is 0 Å². The Hall–Kier alpha value is -0.880. The first-order valence-corrected chi connectivity index (χ1v) is 7.71. The zero-order chi connectivity index (χ0) is 13.2. The summed E-state index contributed by atoms with van der Waals surface area (Å²) in [7, 11) is 0. The van der Waals surface area contributed by atoms with Crippen LogP contribution in [0.1, 0.15) is 31.7 Å². The second-order valence-electron chi connectivity index (χ2n) is 5.52. The van der Waals surface area contributed by atoms with E-state index in [-0.39, 0.29) is 5.91 Å². The van der Waals surface area contributed by atoms with Crippen LogP contribution in [-0.2, 0) is 4.79 Å². The van der Waals surface area contributed by atoms with Crippen molar-refractivity contribution in [3.8, 4) is 0 Å². The minimum atomic E-state index is 0.218. The van der Waals surface area contributed by atoms with Gasteiger partial charge in [-0.2, -0.15) is 5.10 Å². The largest absolute Gasteiger partial charge is 0.352 e. The molecule has 1 amide bonds. The molecule has 3 heterocycles. The van der Waals surface area contributed by atoms with E-state index in [0.717, 1.165) is 43.4 Å². The van der Waals surface area contributed by atoms with Crippen LogP contribution in [-0.4, -0.2) is 46.3 Å². The van der Waals surface area contributed by atoms with Crippen molar-refractivity contribution in [2.75, 3.05) is 19.6 Å². The number of hydrogen-bond acceptors (Lipinski definition) is 3. The third kappa shape index (κ3) is 3.17. The van der Waals surface area contributed by atoms with Gasteiger partial charge in [0.2, 0.25) is 5.91 Å². The highest BCUT2D eigenvalue weighted by Gasteiger charge is 2.31. The fraction of sp³-hybridized carbons (Fsp3) is 0.692. The van der Waals surface area contributed by atoms with E-state index in [1.165, 1.54) is 0 Å². The van der Waals surface area contributed by atoms with Crippen molar-refractivity contribution in [1.29, 1.82) is 0 Å². The van der Waals surface area contributed by atoms with E-state index >= 15 is 0 Å². The van der Waals surface area contributed by atoms with Crippen molar-refractivity contribution in [2.45, 2.75) is 37.8 Å². The van der Waals surface area contributed by atoms with Crippen LogP contribution in [0.4, 0.5) is 0 Å². The number of hydrogen-bond donors (Lipinski definition) is 1. The number of carbonyl (C=O) groups excluding carboxylic acids is 1. The monoisotopic (exact) mass is 326 g/mol. The second kappa shape index (κ2) is 5.63. The summed E-state index contributed by atoms with van der Waals surface area (Å²) < 4.78 is 3.05. The van der Waals surface area contributed by atoms with Crippen molar-refractivity contribution >= 4 is 21.8 Å². The molecule has 1 N–H and O–H groups in total. The van der Waals surface area contributed by atoms with Crippen molar-refractivity contribution in [3.05, 3.63) is 16.9 Å². The average molecular weight is 327 g/mol. The number of rotatable bonds is 3. The van der Waals surface area contributed by atoms with Gasteiger partial charge in [0.15, 0.2) is 0 Å². The van der Waals surface area contributed by atoms with Gasteiger partial charge in [-0.05, 0) is 28.8 Å². The lowest BCUT2D eigenvalue weighted by atomic mass is 10.1. The first-order chi connectivity index (χ1) is 9.20. The molecule has 5 nitrogen and oxygen atoms in total. The topological polar surface area (TPSA) is 50.2 Å². The van der Waals surface area contributed by atoms with E-state index in [0.29, 0.717) is 18.5 Å². The Morgan fingerprint density at radius 1 is 1.42 bits per heavy atom. The smallest absolute Gasteiger partial charge is 0.220 e. The first kappa shape index (κ1) is 13.1. The van der Waals surface area contributed by atoms with Gasteiger partial charge in [0.25, 0.3) is 0 Å². The van der Waals surface area contributed by atoms with Crippen molar-refractivity contribution in [2.24, 2.45) is 0 Å². The number of likely N-dealkylation sites (tertiary alicyclic amines) is 1. The Morgan fingerprint density at radius 3 is 3.00 bits per heavy atom. The molecule has 6 heteroatoms. The molecule has 0 spiro atoms. The van der Waals surface area contributed by atoms with Crippen LogP contribution in [0.3, 0.4) is 0 Å². The quantitative estimate of drug-likeness (QED) is 0.917. The van der Waals surface area contributed by atoms with Crippen LogP contribution < -0.4 is 5.32 Å². The fourth-order valence-corrected chi connectivity index (χ4v) is 3.17. The highest BCUT2D eigenvalue weighted by Crippen LogP contribution is 2.23. The van der Waals surface area contributed by atoms with Crippen molar-refractivity contribution in [1.82, 2.24) is 20.0 Å². The molecule has 0 aromatic carbocycles. The number of amides is 1. The van der Waals surface area contributed by atoms with E-state index in [4.69, 9.17) is 0 Å². The molecule has 1 aromatic rings. The van der Waals surface area contributed by atoms with Gasteiger partial charge in [0, 0.05) is 38.3 Å². The average Bonchev–Trinajstić information content (AvgIpc) is 2.63. The number of carbonyl (C=O) groups is 1. The summed E-state index contributed by atoms with van der Waals surface area (Å²) in [4.78, 5) is 13.9. The van der Waals surface area contributed by atoms with Gasteiger partial charge >= 0.3 is 0 Å². The maximum Gasteiger partial charge on any atom is 0.220 e. The predicted octanol–water partition coefficient (Wildman–Crippen LogP) is 1.56. The molecule has 0 saturated carbocycles. The van der Waals surface area contributed by atoms with Gasteiger partial charge in [0.05, 0.1) is 16.7 Å². The zero-order valence-electron chi connectivity index (χ0n) is 10.9. The van der Waals surface area contributed by atoms with E-state index in [2.05, 4.69) is 31.2 Å². The third-order valence-electron chi connectivity index (χ3n) is 3.93. The van der Waals surface area contributed by atoms with Crippen LogP contribution in [0.25, 0.3) is 0 Å². The molecule has 1 unspecified atom stereocenters. The third-order valence-corrected chi connectivity index (χ3v) is 4.34. The molecule has 2 saturated heterocycles. The highest BCUT2D eigenvalue weighted by molar-refractivity contribution is 9.10. The zero-order valence-corrected chi connectivity index (χ0v) is 12.5. The Kier molecular flexibility index (Phi) is 3.88. The molecule has 1 atom stereocenters. The molecule has 19 heavy (non-hydrogen) atoms. The van der Waals surface area contributed by atoms with Crippen LogP contribution in [0.5, 0.6) is 0 Å². The summed E-state index contributed by atoms with van der Waals surface area (Å²) in [6, 6.07) is 0.813. The summed E-state index contributed by atoms with van der Waals surface area (Å²) in [5, 5.41) is 7.45. The van der Waals surface area contributed by atoms with E-state index < -0.39 is 0 Å². The first-order valence-electron chi connectivity index (χ1n) is 6.92. The maximum absolute atomic E-state index is 11.5. The molecule has 3 rings (SSSR count). The SMILES string of the molecule is O=C1CCCCC(CN2CC(n3cc(Br)cn3)C2)N1. The molecule has 1 aromatic heterocycles. The van der Waals surface area contributed by atoms with Gasteiger partial charge in [0.1, 0.15) is 0 Å². The fourth-order valence-electron chi connectivity index (χ4n) is 2.87. The molecule has 2 aliphatic heterocycles. The summed E-state index contributed by atoms with van der Waals surface area (Å²) in [5.74, 6) is 0.218. The normalized spacial score (nSPS) is 25.7. The molecular formula is C13H19BrN4O. The minimum Gasteiger partial charge on any atom is -0.352 e. The molecule has 0 radical (unpaired) electrons. The van der Waals surface area contributed by atoms with E-state index in [9.17, 15) is 4.79 Å². The van der Waals surface area contributed by atoms with Crippen LogP contribution >= 0.6 is 15.9 Å². The van der Waals surface area contributed by atoms with E-state index in [1.54, 1.807) is 0 Å². The summed E-state index contributed by atoms with van der Waals surface area (Å²) >= 11 is 3.42. The van der Waals surface area contributed by atoms with Gasteiger partial charge in [-0.15, -0.1) is 0 Å². The van der Waals surface area contributed by atoms with Gasteiger partial charge in [-0.25, -0.2) is 0 Å².